The minimum atomic E-state index is -8.58. The van der Waals surface area contributed by atoms with Crippen LogP contribution < -0.4 is 12.4 Å². The monoisotopic (exact) mass is 506 g/mol. The third-order valence-corrected chi connectivity index (χ3v) is 3.10. The summed E-state index contributed by atoms with van der Waals surface area (Å²) in [5, 5.41) is 0. The summed E-state index contributed by atoms with van der Waals surface area (Å²) in [7, 11) is 0. The van der Waals surface area contributed by atoms with Crippen LogP contribution in [0.4, 0.5) is 74.6 Å². The largest absolute Gasteiger partial charge is 2.00 e. The predicted octanol–water partition coefficient (Wildman–Crippen LogP) is 2.84. The van der Waals surface area contributed by atoms with E-state index in [1.807, 2.05) is 6.92 Å². The van der Waals surface area contributed by atoms with Crippen molar-refractivity contribution in [3.05, 3.63) is 6.92 Å². The Morgan fingerprint density at radius 3 is 0.828 bits per heavy atom. The molecule has 0 aromatic rings. The van der Waals surface area contributed by atoms with Gasteiger partial charge in [-0.25, -0.2) is 8.78 Å². The second-order valence-corrected chi connectivity index (χ2v) is 4.90. The van der Waals surface area contributed by atoms with Gasteiger partial charge in [0.1, 0.15) is 0 Å². The molecule has 0 saturated carbocycles. The summed E-state index contributed by atoms with van der Waals surface area (Å²) in [5.74, 6) is -55.9. The van der Waals surface area contributed by atoms with Gasteiger partial charge in [0.05, 0.1) is 0 Å². The smallest absolute Gasteiger partial charge is 1.00 e. The third kappa shape index (κ3) is 4.30. The van der Waals surface area contributed by atoms with Crippen LogP contribution in [-0.4, -0.2) is 70.7 Å². The van der Waals surface area contributed by atoms with Crippen molar-refractivity contribution in [1.82, 2.24) is 0 Å². The van der Waals surface area contributed by atoms with Crippen LogP contribution in [0.5, 0.6) is 0 Å². The standard InChI is InChI=1S/C10H4F17.ClH.Mg/c1-2-3(11,12)4(13,14)5(15,16)6(17,18)7(19,20)8(21,22)9(23,24)10(25,26)27;;/h1-2H2;1H;/q-1;;+2/p-1. The summed E-state index contributed by atoms with van der Waals surface area (Å²) in [6.07, 6.45) is -10.4. The Bertz CT molecular complexity index is 551. The van der Waals surface area contributed by atoms with Gasteiger partial charge >= 0.3 is 64.8 Å². The van der Waals surface area contributed by atoms with Crippen molar-refractivity contribution < 1.29 is 87.0 Å². The van der Waals surface area contributed by atoms with Gasteiger partial charge in [0.15, 0.2) is 0 Å². The van der Waals surface area contributed by atoms with Crippen LogP contribution in [0.1, 0.15) is 6.42 Å². The Morgan fingerprint density at radius 2 is 0.621 bits per heavy atom. The zero-order chi connectivity index (χ0) is 22.7. The van der Waals surface area contributed by atoms with Gasteiger partial charge in [0, 0.05) is 0 Å². The molecule has 172 valence electrons. The summed E-state index contributed by atoms with van der Waals surface area (Å²) in [5.41, 5.74) is 0. The summed E-state index contributed by atoms with van der Waals surface area (Å²) < 4.78 is 215. The average Bonchev–Trinajstić information content (AvgIpc) is 2.44. The molecule has 0 unspecified atom stereocenters. The fourth-order valence-corrected chi connectivity index (χ4v) is 1.35. The van der Waals surface area contributed by atoms with Gasteiger partial charge in [-0.1, -0.05) is 0 Å². The van der Waals surface area contributed by atoms with E-state index in [4.69, 9.17) is 0 Å². The molecule has 0 nitrogen and oxygen atoms in total. The molecule has 0 aliphatic heterocycles. The molecule has 0 atom stereocenters. The van der Waals surface area contributed by atoms with E-state index in [0.29, 0.717) is 0 Å². The first-order chi connectivity index (χ1) is 11.3. The Morgan fingerprint density at radius 1 is 0.414 bits per heavy atom. The fraction of sp³-hybridized carbons (Fsp3) is 0.900. The fourth-order valence-electron chi connectivity index (χ4n) is 1.35. The van der Waals surface area contributed by atoms with E-state index in [-0.39, 0.29) is 35.5 Å². The molecule has 0 aromatic carbocycles. The van der Waals surface area contributed by atoms with Gasteiger partial charge in [-0.3, -0.25) is 0 Å². The second-order valence-electron chi connectivity index (χ2n) is 4.90. The number of rotatable bonds is 7. The molecule has 0 spiro atoms. The number of halogens is 18. The summed E-state index contributed by atoms with van der Waals surface area (Å²) in [4.78, 5) is 0. The Labute approximate surface area is 171 Å². The van der Waals surface area contributed by atoms with Crippen molar-refractivity contribution in [2.45, 2.75) is 54.1 Å². The van der Waals surface area contributed by atoms with Gasteiger partial charge in [-0.2, -0.15) is 65.9 Å². The van der Waals surface area contributed by atoms with Crippen LogP contribution in [0.25, 0.3) is 0 Å². The zero-order valence-electron chi connectivity index (χ0n) is 12.9. The molecule has 0 aliphatic carbocycles. The Balaban J connectivity index is -0.00000338. The molecule has 0 saturated heterocycles. The SMILES string of the molecule is [CH2-]CC(F)(F)C(F)(F)C(F)(F)C(F)(F)C(F)(F)C(F)(F)C(F)(F)C(F)(F)F.[Cl-].[Mg+2]. The minimum absolute atomic E-state index is 0. The van der Waals surface area contributed by atoms with Crippen molar-refractivity contribution in [3.8, 4) is 0 Å². The van der Waals surface area contributed by atoms with Gasteiger partial charge in [0.25, 0.3) is 5.92 Å². The van der Waals surface area contributed by atoms with Crippen molar-refractivity contribution in [3.63, 3.8) is 0 Å². The van der Waals surface area contributed by atoms with Gasteiger partial charge in [-0.05, 0) is 0 Å². The van der Waals surface area contributed by atoms with Crippen molar-refractivity contribution in [2.24, 2.45) is 0 Å². The first-order valence-corrected chi connectivity index (χ1v) is 5.82. The third-order valence-electron chi connectivity index (χ3n) is 3.10. The topological polar surface area (TPSA) is 0 Å². The van der Waals surface area contributed by atoms with Crippen LogP contribution in [0.2, 0.25) is 0 Å². The molecule has 0 radical (unpaired) electrons. The molecule has 29 heavy (non-hydrogen) atoms. The molecule has 0 heterocycles. The normalized spacial score (nSPS) is 15.5. The number of hydrogen-bond acceptors (Lipinski definition) is 0. The number of alkyl halides is 17. The van der Waals surface area contributed by atoms with E-state index >= 15 is 0 Å². The van der Waals surface area contributed by atoms with E-state index in [1.54, 1.807) is 0 Å². The Kier molecular flexibility index (Phi) is 9.73. The van der Waals surface area contributed by atoms with Crippen molar-refractivity contribution in [2.75, 3.05) is 0 Å². The predicted molar refractivity (Wildman–Crippen MR) is 56.4 cm³/mol. The van der Waals surface area contributed by atoms with Gasteiger partial charge in [0.2, 0.25) is 0 Å². The first-order valence-electron chi connectivity index (χ1n) is 5.82. The molecular weight excluding hydrogens is 503 g/mol. The van der Waals surface area contributed by atoms with Crippen LogP contribution in [0.15, 0.2) is 0 Å². The minimum Gasteiger partial charge on any atom is -1.00 e. The van der Waals surface area contributed by atoms with Crippen molar-refractivity contribution in [1.29, 1.82) is 0 Å². The molecule has 0 amide bonds. The van der Waals surface area contributed by atoms with Crippen molar-refractivity contribution >= 4 is 23.1 Å². The van der Waals surface area contributed by atoms with Crippen LogP contribution in [0, 0.1) is 6.92 Å². The van der Waals surface area contributed by atoms with E-state index in [9.17, 15) is 74.6 Å². The van der Waals surface area contributed by atoms with E-state index < -0.39 is 54.1 Å². The average molecular weight is 507 g/mol. The summed E-state index contributed by atoms with van der Waals surface area (Å²) in [6, 6.07) is 0. The van der Waals surface area contributed by atoms with E-state index in [2.05, 4.69) is 0 Å². The molecule has 19 heteroatoms. The van der Waals surface area contributed by atoms with Crippen LogP contribution >= 0.6 is 0 Å². The molecular formula is C10H4ClF17Mg. The maximum absolute atomic E-state index is 13.0. The second kappa shape index (κ2) is 8.42. The Hall–Kier alpha value is -0.134. The molecule has 0 aromatic heterocycles. The molecule has 0 rings (SSSR count). The summed E-state index contributed by atoms with van der Waals surface area (Å²) in [6.45, 7) is 1.89. The quantitative estimate of drug-likeness (QED) is 0.283. The van der Waals surface area contributed by atoms with Crippen LogP contribution in [0.3, 0.4) is 0 Å². The van der Waals surface area contributed by atoms with Crippen LogP contribution in [-0.2, 0) is 0 Å². The number of hydrogen-bond donors (Lipinski definition) is 0. The van der Waals surface area contributed by atoms with E-state index in [0.717, 1.165) is 0 Å². The molecule has 0 aliphatic rings. The molecule has 0 N–H and O–H groups in total. The van der Waals surface area contributed by atoms with Gasteiger partial charge < -0.3 is 19.3 Å². The summed E-state index contributed by atoms with van der Waals surface area (Å²) >= 11 is 0. The zero-order valence-corrected chi connectivity index (χ0v) is 15.1. The first kappa shape index (κ1) is 33.5. The van der Waals surface area contributed by atoms with Gasteiger partial charge in [-0.15, -0.1) is 6.42 Å². The van der Waals surface area contributed by atoms with E-state index in [1.165, 1.54) is 0 Å². The molecule has 0 fully saturated rings. The maximum Gasteiger partial charge on any atom is 2.00 e. The molecule has 0 bridgehead atoms. The maximum atomic E-state index is 13.0.